The molecular weight excluding hydrogens is 538 g/mol. The molecule has 1 aromatic heterocycles. The number of alkyl halides is 4. The SMILES string of the molecule is CC1(F)CC(C(=O)NCc2cc(F)cc(-c3cnc(C(F)(F)F)nc3)c2)N(S(=O)(=O)c2ccc(F)cc2)C1. The molecule has 1 aliphatic heterocycles. The van der Waals surface area contributed by atoms with Crippen molar-refractivity contribution in [3.63, 3.8) is 0 Å². The Morgan fingerprint density at radius 1 is 1.05 bits per heavy atom. The molecule has 4 rings (SSSR count). The molecule has 38 heavy (non-hydrogen) atoms. The molecule has 2 unspecified atom stereocenters. The number of amides is 1. The summed E-state index contributed by atoms with van der Waals surface area (Å²) in [5, 5.41) is 2.46. The molecule has 14 heteroatoms. The topological polar surface area (TPSA) is 92.3 Å². The van der Waals surface area contributed by atoms with E-state index in [9.17, 15) is 39.6 Å². The zero-order valence-electron chi connectivity index (χ0n) is 19.6. The zero-order chi connectivity index (χ0) is 27.9. The first-order valence-electron chi connectivity index (χ1n) is 11.1. The molecule has 1 amide bonds. The van der Waals surface area contributed by atoms with E-state index >= 15 is 0 Å². The molecule has 7 nitrogen and oxygen atoms in total. The minimum atomic E-state index is -4.75. The third-order valence-corrected chi connectivity index (χ3v) is 7.71. The first kappa shape index (κ1) is 27.5. The highest BCUT2D eigenvalue weighted by Crippen LogP contribution is 2.35. The predicted molar refractivity (Wildman–Crippen MR) is 122 cm³/mol. The van der Waals surface area contributed by atoms with Crippen molar-refractivity contribution in [1.29, 1.82) is 0 Å². The van der Waals surface area contributed by atoms with Crippen molar-refractivity contribution in [3.05, 3.63) is 77.9 Å². The maximum absolute atomic E-state index is 14.9. The van der Waals surface area contributed by atoms with Crippen LogP contribution in [0.5, 0.6) is 0 Å². The van der Waals surface area contributed by atoms with E-state index in [1.54, 1.807) is 0 Å². The average Bonchev–Trinajstić information content (AvgIpc) is 3.18. The summed E-state index contributed by atoms with van der Waals surface area (Å²) in [5.74, 6) is -3.64. The second kappa shape index (κ2) is 9.98. The van der Waals surface area contributed by atoms with Crippen LogP contribution < -0.4 is 5.32 Å². The smallest absolute Gasteiger partial charge is 0.351 e. The van der Waals surface area contributed by atoms with Crippen molar-refractivity contribution in [3.8, 4) is 11.1 Å². The molecular formula is C24H20F6N4O3S. The Bertz CT molecular complexity index is 1450. The molecule has 202 valence electrons. The fourth-order valence-electron chi connectivity index (χ4n) is 4.07. The Balaban J connectivity index is 1.52. The normalized spacial score (nSPS) is 20.4. The maximum atomic E-state index is 14.9. The van der Waals surface area contributed by atoms with Gasteiger partial charge in [0, 0.05) is 37.5 Å². The fourth-order valence-corrected chi connectivity index (χ4v) is 5.77. The number of carbonyl (C=O) groups is 1. The van der Waals surface area contributed by atoms with Gasteiger partial charge in [-0.25, -0.2) is 31.6 Å². The molecule has 1 saturated heterocycles. The molecule has 2 atom stereocenters. The molecule has 0 saturated carbocycles. The van der Waals surface area contributed by atoms with E-state index in [0.717, 1.165) is 55.7 Å². The minimum Gasteiger partial charge on any atom is -0.351 e. The Morgan fingerprint density at radius 3 is 2.29 bits per heavy atom. The summed E-state index contributed by atoms with van der Waals surface area (Å²) in [5.41, 5.74) is -1.60. The van der Waals surface area contributed by atoms with Crippen LogP contribution in [-0.4, -0.2) is 46.9 Å². The molecule has 1 aliphatic rings. The molecule has 0 spiro atoms. The minimum absolute atomic E-state index is 0.0885. The van der Waals surface area contributed by atoms with Gasteiger partial charge in [-0.3, -0.25) is 4.79 Å². The first-order chi connectivity index (χ1) is 17.7. The van der Waals surface area contributed by atoms with Gasteiger partial charge in [-0.15, -0.1) is 0 Å². The van der Waals surface area contributed by atoms with E-state index < -0.39 is 64.2 Å². The van der Waals surface area contributed by atoms with Crippen LogP contribution >= 0.6 is 0 Å². The molecule has 2 aromatic carbocycles. The summed E-state index contributed by atoms with van der Waals surface area (Å²) in [6, 6.07) is 5.92. The summed E-state index contributed by atoms with van der Waals surface area (Å²) in [4.78, 5) is 19.1. The highest BCUT2D eigenvalue weighted by atomic mass is 32.2. The van der Waals surface area contributed by atoms with Crippen LogP contribution in [0.3, 0.4) is 0 Å². The predicted octanol–water partition coefficient (Wildman–Crippen LogP) is 4.25. The number of nitrogens with one attached hydrogen (secondary N) is 1. The van der Waals surface area contributed by atoms with Crippen LogP contribution in [0.1, 0.15) is 24.7 Å². The van der Waals surface area contributed by atoms with Gasteiger partial charge >= 0.3 is 6.18 Å². The van der Waals surface area contributed by atoms with Crippen molar-refractivity contribution in [2.75, 3.05) is 6.54 Å². The highest BCUT2D eigenvalue weighted by Gasteiger charge is 2.49. The molecule has 0 aliphatic carbocycles. The van der Waals surface area contributed by atoms with Crippen molar-refractivity contribution < 1.29 is 39.6 Å². The summed E-state index contributed by atoms with van der Waals surface area (Å²) < 4.78 is 107. The number of hydrogen-bond donors (Lipinski definition) is 1. The molecule has 1 N–H and O–H groups in total. The third kappa shape index (κ3) is 5.96. The van der Waals surface area contributed by atoms with Gasteiger partial charge in [0.2, 0.25) is 21.8 Å². The number of sulfonamides is 1. The first-order valence-corrected chi connectivity index (χ1v) is 12.5. The van der Waals surface area contributed by atoms with Crippen molar-refractivity contribution in [2.24, 2.45) is 0 Å². The number of aromatic nitrogens is 2. The standard InChI is InChI=1S/C24H20F6N4O3S/c1-23(27)9-20(34(13-23)38(36,37)19-4-2-17(25)3-5-19)21(35)31-10-14-6-15(8-18(26)7-14)16-11-32-22(33-12-16)24(28,29)30/h2-8,11-12,20H,9-10,13H2,1H3,(H,31,35). The van der Waals surface area contributed by atoms with Gasteiger partial charge in [-0.2, -0.15) is 17.5 Å². The lowest BCUT2D eigenvalue weighted by Gasteiger charge is -2.23. The lowest BCUT2D eigenvalue weighted by molar-refractivity contribution is -0.145. The van der Waals surface area contributed by atoms with Gasteiger partial charge in [0.15, 0.2) is 0 Å². The van der Waals surface area contributed by atoms with Gasteiger partial charge in [0.1, 0.15) is 23.3 Å². The second-order valence-corrected chi connectivity index (χ2v) is 10.9. The summed E-state index contributed by atoms with van der Waals surface area (Å²) in [6.45, 7) is 0.246. The Labute approximate surface area is 213 Å². The number of carbonyl (C=O) groups excluding carboxylic acids is 1. The van der Waals surface area contributed by atoms with Gasteiger partial charge in [-0.1, -0.05) is 0 Å². The monoisotopic (exact) mass is 558 g/mol. The molecule has 1 fully saturated rings. The van der Waals surface area contributed by atoms with Crippen LogP contribution in [0.25, 0.3) is 11.1 Å². The molecule has 3 aromatic rings. The van der Waals surface area contributed by atoms with E-state index in [-0.39, 0.29) is 28.1 Å². The van der Waals surface area contributed by atoms with Gasteiger partial charge in [0.25, 0.3) is 0 Å². The van der Waals surface area contributed by atoms with Crippen molar-refractivity contribution in [2.45, 2.75) is 42.7 Å². The summed E-state index contributed by atoms with van der Waals surface area (Å²) in [7, 11) is -4.36. The van der Waals surface area contributed by atoms with Crippen LogP contribution in [0, 0.1) is 11.6 Å². The molecule has 0 bridgehead atoms. The quantitative estimate of drug-likeness (QED) is 0.457. The summed E-state index contributed by atoms with van der Waals surface area (Å²) >= 11 is 0. The lowest BCUT2D eigenvalue weighted by atomic mass is 10.0. The van der Waals surface area contributed by atoms with Gasteiger partial charge in [0.05, 0.1) is 4.90 Å². The van der Waals surface area contributed by atoms with E-state index in [2.05, 4.69) is 15.3 Å². The lowest BCUT2D eigenvalue weighted by Crippen LogP contribution is -2.45. The number of nitrogens with zero attached hydrogens (tertiary/aromatic N) is 3. The average molecular weight is 559 g/mol. The zero-order valence-corrected chi connectivity index (χ0v) is 20.5. The maximum Gasteiger partial charge on any atom is 0.451 e. The molecule has 2 heterocycles. The fraction of sp³-hybridized carbons (Fsp3) is 0.292. The van der Waals surface area contributed by atoms with Crippen LogP contribution in [-0.2, 0) is 27.5 Å². The van der Waals surface area contributed by atoms with Crippen LogP contribution in [0.15, 0.2) is 59.8 Å². The Kier molecular flexibility index (Phi) is 7.23. The van der Waals surface area contributed by atoms with E-state index in [4.69, 9.17) is 0 Å². The van der Waals surface area contributed by atoms with E-state index in [1.807, 2.05) is 0 Å². The second-order valence-electron chi connectivity index (χ2n) is 9.00. The van der Waals surface area contributed by atoms with Crippen LogP contribution in [0.4, 0.5) is 26.3 Å². The number of hydrogen-bond acceptors (Lipinski definition) is 5. The van der Waals surface area contributed by atoms with Crippen molar-refractivity contribution in [1.82, 2.24) is 19.6 Å². The van der Waals surface area contributed by atoms with E-state index in [0.29, 0.717) is 4.31 Å². The number of benzene rings is 2. The van der Waals surface area contributed by atoms with Crippen LogP contribution in [0.2, 0.25) is 0 Å². The largest absolute Gasteiger partial charge is 0.451 e. The van der Waals surface area contributed by atoms with E-state index in [1.165, 1.54) is 6.07 Å². The van der Waals surface area contributed by atoms with Gasteiger partial charge in [-0.05, 0) is 60.5 Å². The number of halogens is 6. The third-order valence-electron chi connectivity index (χ3n) is 5.84. The van der Waals surface area contributed by atoms with Gasteiger partial charge < -0.3 is 5.32 Å². The number of rotatable bonds is 6. The Hall–Kier alpha value is -3.52. The van der Waals surface area contributed by atoms with Crippen molar-refractivity contribution >= 4 is 15.9 Å². The summed E-state index contributed by atoms with van der Waals surface area (Å²) in [6.07, 6.45) is -3.43. The Morgan fingerprint density at radius 2 is 1.68 bits per heavy atom. The molecule has 0 radical (unpaired) electrons. The highest BCUT2D eigenvalue weighted by molar-refractivity contribution is 7.89.